The average Bonchev–Trinajstić information content (AvgIpc) is 3.56. The highest BCUT2D eigenvalue weighted by molar-refractivity contribution is 7.20. The van der Waals surface area contributed by atoms with Gasteiger partial charge in [-0.25, -0.2) is 0 Å². The molecule has 0 saturated carbocycles. The Bertz CT molecular complexity index is 2760. The van der Waals surface area contributed by atoms with Crippen LogP contribution in [-0.2, 0) is 0 Å². The summed E-state index contributed by atoms with van der Waals surface area (Å²) in [6, 6.07) is 70.6. The fourth-order valence-electron chi connectivity index (χ4n) is 9.09. The molecular weight excluding hydrogens is 661 g/mol. The summed E-state index contributed by atoms with van der Waals surface area (Å²) in [7, 11) is -2.73. The van der Waals surface area contributed by atoms with Crippen LogP contribution in [0.1, 0.15) is 0 Å². The molecule has 0 saturated heterocycles. The van der Waals surface area contributed by atoms with Crippen LogP contribution in [0.3, 0.4) is 0 Å². The Morgan fingerprint density at radius 3 is 1.66 bits per heavy atom. The van der Waals surface area contributed by atoms with Crippen LogP contribution in [0.15, 0.2) is 194 Å². The molecule has 1 aromatic heterocycles. The quantitative estimate of drug-likeness (QED) is 0.145. The van der Waals surface area contributed by atoms with Gasteiger partial charge >= 0.3 is 0 Å². The van der Waals surface area contributed by atoms with Gasteiger partial charge in [0.05, 0.1) is 16.7 Å². The maximum atomic E-state index is 6.95. The van der Waals surface area contributed by atoms with Crippen molar-refractivity contribution in [3.05, 3.63) is 194 Å². The standard InChI is InChI=1S/C48H32BNO2Si/c1-4-16-33(17-5-1)53(34-18-6-2-7-19-34,35-20-8-3-9-21-35)36-30-31-42-38(32-36)37-22-10-12-25-41(37)50(42)43-26-14-24-40-48(43)52-46-29-15-28-45-47(46)49(40)39-23-11-13-27-44(39)51-45/h1-32H. The minimum atomic E-state index is -2.73. The molecule has 0 amide bonds. The average molecular weight is 694 g/mol. The van der Waals surface area contributed by atoms with Gasteiger partial charge < -0.3 is 14.0 Å². The van der Waals surface area contributed by atoms with E-state index in [9.17, 15) is 0 Å². The molecule has 8 aromatic carbocycles. The van der Waals surface area contributed by atoms with Gasteiger partial charge in [-0.3, -0.25) is 0 Å². The number of rotatable bonds is 5. The predicted molar refractivity (Wildman–Crippen MR) is 222 cm³/mol. The molecule has 11 rings (SSSR count). The summed E-state index contributed by atoms with van der Waals surface area (Å²) in [5.74, 6) is 3.48. The Labute approximate surface area is 309 Å². The Kier molecular flexibility index (Phi) is 6.67. The molecule has 3 nitrogen and oxygen atoms in total. The lowest BCUT2D eigenvalue weighted by atomic mass is 9.35. The Morgan fingerprint density at radius 1 is 0.396 bits per heavy atom. The van der Waals surface area contributed by atoms with Gasteiger partial charge in [0.15, 0.2) is 8.07 Å². The molecule has 9 aromatic rings. The second-order valence-electron chi connectivity index (χ2n) is 14.0. The highest BCUT2D eigenvalue weighted by Crippen LogP contribution is 2.40. The van der Waals surface area contributed by atoms with Crippen molar-refractivity contribution in [1.82, 2.24) is 4.57 Å². The van der Waals surface area contributed by atoms with Crippen molar-refractivity contribution >= 4 is 73.7 Å². The Morgan fingerprint density at radius 2 is 0.943 bits per heavy atom. The lowest BCUT2D eigenvalue weighted by molar-refractivity contribution is 0.463. The number of para-hydroxylation sites is 3. The molecular formula is C48H32BNO2Si. The fraction of sp³-hybridized carbons (Fsp3) is 0. The summed E-state index contributed by atoms with van der Waals surface area (Å²) in [4.78, 5) is 0. The summed E-state index contributed by atoms with van der Waals surface area (Å²) in [6.07, 6.45) is 0. The molecule has 0 fully saturated rings. The van der Waals surface area contributed by atoms with Crippen molar-refractivity contribution in [2.45, 2.75) is 0 Å². The van der Waals surface area contributed by atoms with E-state index in [0.29, 0.717) is 0 Å². The number of aromatic nitrogens is 1. The molecule has 2 aliphatic heterocycles. The van der Waals surface area contributed by atoms with E-state index in [0.717, 1.165) is 56.1 Å². The third-order valence-corrected chi connectivity index (χ3v) is 16.1. The van der Waals surface area contributed by atoms with E-state index < -0.39 is 8.07 Å². The molecule has 0 N–H and O–H groups in total. The van der Waals surface area contributed by atoms with Crippen molar-refractivity contribution in [1.29, 1.82) is 0 Å². The van der Waals surface area contributed by atoms with Crippen molar-refractivity contribution in [2.75, 3.05) is 0 Å². The fourth-order valence-corrected chi connectivity index (χ4v) is 13.9. The van der Waals surface area contributed by atoms with Gasteiger partial charge in [0, 0.05) is 16.2 Å². The number of nitrogens with zero attached hydrogens (tertiary/aromatic N) is 1. The van der Waals surface area contributed by atoms with Gasteiger partial charge in [-0.1, -0.05) is 158 Å². The van der Waals surface area contributed by atoms with Crippen LogP contribution in [0.25, 0.3) is 27.5 Å². The molecule has 53 heavy (non-hydrogen) atoms. The maximum Gasteiger partial charge on any atom is 0.260 e. The SMILES string of the molecule is c1ccc([Si](c2ccccc2)(c2ccccc2)c2ccc3c(c2)c2ccccc2n3-c2cccc3c2Oc2cccc4c2B3c2ccccc2O4)cc1. The topological polar surface area (TPSA) is 23.4 Å². The van der Waals surface area contributed by atoms with E-state index in [-0.39, 0.29) is 6.71 Å². The second kappa shape index (κ2) is 11.7. The molecule has 0 radical (unpaired) electrons. The first-order valence-corrected chi connectivity index (χ1v) is 20.2. The number of fused-ring (bicyclic) bond motifs is 7. The van der Waals surface area contributed by atoms with E-state index in [4.69, 9.17) is 9.47 Å². The van der Waals surface area contributed by atoms with E-state index >= 15 is 0 Å². The first kappa shape index (κ1) is 30.1. The molecule has 0 unspecified atom stereocenters. The molecule has 5 heteroatoms. The third kappa shape index (κ3) is 4.35. The van der Waals surface area contributed by atoms with E-state index in [1.807, 2.05) is 18.2 Å². The number of hydrogen-bond acceptors (Lipinski definition) is 2. The van der Waals surface area contributed by atoms with Crippen molar-refractivity contribution in [3.63, 3.8) is 0 Å². The van der Waals surface area contributed by atoms with Crippen molar-refractivity contribution in [2.24, 2.45) is 0 Å². The van der Waals surface area contributed by atoms with Crippen molar-refractivity contribution < 1.29 is 9.47 Å². The van der Waals surface area contributed by atoms with E-state index in [1.165, 1.54) is 31.5 Å². The zero-order chi connectivity index (χ0) is 34.9. The van der Waals surface area contributed by atoms with Crippen molar-refractivity contribution in [3.8, 4) is 28.7 Å². The zero-order valence-corrected chi connectivity index (χ0v) is 29.8. The lowest BCUT2D eigenvalue weighted by Gasteiger charge is -2.34. The van der Waals surface area contributed by atoms with Gasteiger partial charge in [-0.15, -0.1) is 0 Å². The molecule has 0 aliphatic carbocycles. The van der Waals surface area contributed by atoms with Gasteiger partial charge in [-0.2, -0.15) is 0 Å². The molecule has 3 heterocycles. The smallest absolute Gasteiger partial charge is 0.260 e. The van der Waals surface area contributed by atoms with Gasteiger partial charge in [-0.05, 0) is 68.1 Å². The van der Waals surface area contributed by atoms with Crippen LogP contribution >= 0.6 is 0 Å². The van der Waals surface area contributed by atoms with Crippen LogP contribution < -0.4 is 46.6 Å². The Balaban J connectivity index is 1.18. The van der Waals surface area contributed by atoms with Crippen LogP contribution in [0.2, 0.25) is 0 Å². The highest BCUT2D eigenvalue weighted by atomic mass is 28.3. The second-order valence-corrected chi connectivity index (χ2v) is 17.8. The van der Waals surface area contributed by atoms with Gasteiger partial charge in [0.25, 0.3) is 6.71 Å². The maximum absolute atomic E-state index is 6.95. The first-order valence-electron chi connectivity index (χ1n) is 18.2. The van der Waals surface area contributed by atoms with E-state index in [1.54, 1.807) is 0 Å². The predicted octanol–water partition coefficient (Wildman–Crippen LogP) is 6.89. The summed E-state index contributed by atoms with van der Waals surface area (Å²) in [5, 5.41) is 7.88. The van der Waals surface area contributed by atoms with Gasteiger partial charge in [0.1, 0.15) is 23.0 Å². The van der Waals surface area contributed by atoms with Gasteiger partial charge in [0.2, 0.25) is 0 Å². The summed E-state index contributed by atoms with van der Waals surface area (Å²) >= 11 is 0. The molecule has 248 valence electrons. The molecule has 0 atom stereocenters. The summed E-state index contributed by atoms with van der Waals surface area (Å²) in [5.41, 5.74) is 6.71. The van der Waals surface area contributed by atoms with E-state index in [2.05, 4.69) is 180 Å². The molecule has 2 aliphatic rings. The number of ether oxygens (including phenoxy) is 2. The molecule has 0 bridgehead atoms. The summed E-state index contributed by atoms with van der Waals surface area (Å²) in [6.45, 7) is 0.00350. The minimum Gasteiger partial charge on any atom is -0.458 e. The largest absolute Gasteiger partial charge is 0.458 e. The van der Waals surface area contributed by atoms with Crippen LogP contribution in [-0.4, -0.2) is 19.4 Å². The molecule has 0 spiro atoms. The summed E-state index contributed by atoms with van der Waals surface area (Å²) < 4.78 is 15.8. The minimum absolute atomic E-state index is 0.00350. The highest BCUT2D eigenvalue weighted by Gasteiger charge is 2.43. The first-order chi connectivity index (χ1) is 26.3. The zero-order valence-electron chi connectivity index (χ0n) is 28.8. The van der Waals surface area contributed by atoms with Crippen LogP contribution in [0, 0.1) is 0 Å². The van der Waals surface area contributed by atoms with Crippen LogP contribution in [0.4, 0.5) is 0 Å². The normalized spacial score (nSPS) is 12.8. The third-order valence-electron chi connectivity index (χ3n) is 11.3. The lowest BCUT2D eigenvalue weighted by Crippen LogP contribution is -2.74. The number of benzene rings is 8. The number of hydrogen-bond donors (Lipinski definition) is 0. The van der Waals surface area contributed by atoms with Crippen LogP contribution in [0.5, 0.6) is 23.0 Å². The monoisotopic (exact) mass is 693 g/mol. The Hall–Kier alpha value is -6.56.